The van der Waals surface area contributed by atoms with Crippen molar-refractivity contribution in [2.24, 2.45) is 0 Å². The number of allylic oxidation sites excluding steroid dienone is 2. The van der Waals surface area contributed by atoms with Crippen molar-refractivity contribution in [2.45, 2.75) is 19.8 Å². The van der Waals surface area contributed by atoms with Crippen LogP contribution in [0.2, 0.25) is 0 Å². The molecule has 3 rings (SSSR count). The van der Waals surface area contributed by atoms with Gasteiger partial charge in [0.2, 0.25) is 5.82 Å². The zero-order valence-electron chi connectivity index (χ0n) is 15.8. The molecule has 0 radical (unpaired) electrons. The summed E-state index contributed by atoms with van der Waals surface area (Å²) < 4.78 is 102. The number of dihydropyridines is 1. The molecule has 1 aromatic carbocycles. The van der Waals surface area contributed by atoms with E-state index in [0.29, 0.717) is 0 Å². The number of carbonyl (C=O) groups excluding carboxylic acids is 1. The smallest absolute Gasteiger partial charge is 0.336 e. The van der Waals surface area contributed by atoms with Crippen LogP contribution in [0.3, 0.4) is 0 Å². The standard InChI is InChI=1S/C18H17F5N2O4S/c1-3-29-18(26)9-7(2)25-8-6-24-4-5-30(27,28)17(8)10(9)11-12(19)14(21)16(23)15(22)13(11)20/h10,24-25H,3-6H2,1-2H3. The Morgan fingerprint density at radius 1 is 1.07 bits per heavy atom. The lowest BCUT2D eigenvalue weighted by Gasteiger charge is -2.31. The molecule has 2 heterocycles. The van der Waals surface area contributed by atoms with Gasteiger partial charge >= 0.3 is 5.97 Å². The maximum atomic E-state index is 14.7. The van der Waals surface area contributed by atoms with E-state index in [0.717, 1.165) is 0 Å². The van der Waals surface area contributed by atoms with E-state index in [2.05, 4.69) is 10.6 Å². The molecule has 0 saturated heterocycles. The fourth-order valence-electron chi connectivity index (χ4n) is 3.54. The molecule has 12 heteroatoms. The molecule has 0 aromatic heterocycles. The number of nitrogens with one attached hydrogen (secondary N) is 2. The summed E-state index contributed by atoms with van der Waals surface area (Å²) in [5.74, 6) is -15.0. The Labute approximate surface area is 168 Å². The molecule has 1 unspecified atom stereocenters. The molecule has 2 aliphatic rings. The minimum Gasteiger partial charge on any atom is -0.463 e. The van der Waals surface area contributed by atoms with Crippen LogP contribution < -0.4 is 10.6 Å². The second kappa shape index (κ2) is 7.99. The van der Waals surface area contributed by atoms with E-state index in [9.17, 15) is 35.2 Å². The largest absolute Gasteiger partial charge is 0.463 e. The Morgan fingerprint density at radius 2 is 1.63 bits per heavy atom. The Balaban J connectivity index is 2.42. The molecule has 1 atom stereocenters. The van der Waals surface area contributed by atoms with Gasteiger partial charge in [0, 0.05) is 30.0 Å². The fraction of sp³-hybridized carbons (Fsp3) is 0.389. The van der Waals surface area contributed by atoms with Crippen LogP contribution in [0.4, 0.5) is 22.0 Å². The Morgan fingerprint density at radius 3 is 2.20 bits per heavy atom. The highest BCUT2D eigenvalue weighted by molar-refractivity contribution is 7.95. The third-order valence-corrected chi connectivity index (χ3v) is 6.70. The highest BCUT2D eigenvalue weighted by Gasteiger charge is 2.45. The average molecular weight is 452 g/mol. The number of ether oxygens (including phenoxy) is 1. The molecule has 2 N–H and O–H groups in total. The van der Waals surface area contributed by atoms with Gasteiger partial charge in [0.25, 0.3) is 0 Å². The molecule has 30 heavy (non-hydrogen) atoms. The number of sulfone groups is 1. The maximum absolute atomic E-state index is 14.7. The van der Waals surface area contributed by atoms with Gasteiger partial charge in [0.05, 0.1) is 28.8 Å². The number of hydrogen-bond acceptors (Lipinski definition) is 6. The Hall–Kier alpha value is -2.47. The molecular weight excluding hydrogens is 435 g/mol. The van der Waals surface area contributed by atoms with E-state index >= 15 is 0 Å². The molecular formula is C18H17F5N2O4S. The molecule has 0 saturated carbocycles. The lowest BCUT2D eigenvalue weighted by molar-refractivity contribution is -0.138. The van der Waals surface area contributed by atoms with Crippen LogP contribution >= 0.6 is 0 Å². The van der Waals surface area contributed by atoms with Crippen LogP contribution in [-0.2, 0) is 19.4 Å². The average Bonchev–Trinajstić information content (AvgIpc) is 2.82. The van der Waals surface area contributed by atoms with Crippen LogP contribution in [0, 0.1) is 29.1 Å². The third-order valence-electron chi connectivity index (χ3n) is 4.80. The quantitative estimate of drug-likeness (QED) is 0.317. The van der Waals surface area contributed by atoms with Crippen LogP contribution in [0.1, 0.15) is 25.3 Å². The van der Waals surface area contributed by atoms with Crippen LogP contribution in [-0.4, -0.2) is 39.8 Å². The SMILES string of the molecule is CCOC(=O)C1=C(C)NC2=C(C1c1c(F)c(F)c(F)c(F)c1F)S(=O)(=O)CCNC2. The molecule has 1 aromatic rings. The van der Waals surface area contributed by atoms with Gasteiger partial charge in [-0.3, -0.25) is 0 Å². The van der Waals surface area contributed by atoms with E-state index in [-0.39, 0.29) is 31.1 Å². The molecule has 0 aliphatic carbocycles. The highest BCUT2D eigenvalue weighted by Crippen LogP contribution is 2.44. The van der Waals surface area contributed by atoms with E-state index < -0.39 is 72.6 Å². The molecule has 6 nitrogen and oxygen atoms in total. The Bertz CT molecular complexity index is 1070. The monoisotopic (exact) mass is 452 g/mol. The van der Waals surface area contributed by atoms with Gasteiger partial charge in [-0.2, -0.15) is 0 Å². The van der Waals surface area contributed by atoms with Crippen molar-refractivity contribution in [3.8, 4) is 0 Å². The van der Waals surface area contributed by atoms with Crippen molar-refractivity contribution >= 4 is 15.8 Å². The minimum atomic E-state index is -4.25. The number of carbonyl (C=O) groups is 1. The van der Waals surface area contributed by atoms with E-state index in [1.807, 2.05) is 0 Å². The summed E-state index contributed by atoms with van der Waals surface area (Å²) in [6.07, 6.45) is 0. The lowest BCUT2D eigenvalue weighted by Crippen LogP contribution is -2.35. The number of halogens is 5. The first-order chi connectivity index (χ1) is 14.0. The Kier molecular flexibility index (Phi) is 5.92. The van der Waals surface area contributed by atoms with Gasteiger partial charge in [-0.05, 0) is 13.8 Å². The number of benzene rings is 1. The third kappa shape index (κ3) is 3.47. The second-order valence-corrected chi connectivity index (χ2v) is 8.72. The van der Waals surface area contributed by atoms with Gasteiger partial charge in [0.15, 0.2) is 33.1 Å². The zero-order valence-corrected chi connectivity index (χ0v) is 16.7. The number of hydrogen-bond donors (Lipinski definition) is 2. The summed E-state index contributed by atoms with van der Waals surface area (Å²) in [7, 11) is -4.25. The van der Waals surface area contributed by atoms with E-state index in [4.69, 9.17) is 4.74 Å². The van der Waals surface area contributed by atoms with Gasteiger partial charge < -0.3 is 15.4 Å². The van der Waals surface area contributed by atoms with Gasteiger partial charge in [-0.15, -0.1) is 0 Å². The fourth-order valence-corrected chi connectivity index (χ4v) is 5.26. The summed E-state index contributed by atoms with van der Waals surface area (Å²) in [5, 5.41) is 5.48. The van der Waals surface area contributed by atoms with Gasteiger partial charge in [-0.25, -0.2) is 35.2 Å². The summed E-state index contributed by atoms with van der Waals surface area (Å²) in [6.45, 7) is 2.48. The predicted octanol–water partition coefficient (Wildman–Crippen LogP) is 2.14. The van der Waals surface area contributed by atoms with Crippen LogP contribution in [0.25, 0.3) is 0 Å². The molecule has 0 spiro atoms. The van der Waals surface area contributed by atoms with Crippen molar-refractivity contribution in [1.82, 2.24) is 10.6 Å². The van der Waals surface area contributed by atoms with Crippen LogP contribution in [0.15, 0.2) is 21.9 Å². The zero-order chi connectivity index (χ0) is 22.4. The van der Waals surface area contributed by atoms with Crippen LogP contribution in [0.5, 0.6) is 0 Å². The first-order valence-corrected chi connectivity index (χ1v) is 10.5. The molecule has 2 aliphatic heterocycles. The lowest BCUT2D eigenvalue weighted by atomic mass is 9.85. The van der Waals surface area contributed by atoms with E-state index in [1.54, 1.807) is 0 Å². The van der Waals surface area contributed by atoms with Crippen molar-refractivity contribution in [3.63, 3.8) is 0 Å². The maximum Gasteiger partial charge on any atom is 0.336 e. The first kappa shape index (κ1) is 22.2. The van der Waals surface area contributed by atoms with Crippen molar-refractivity contribution in [3.05, 3.63) is 56.5 Å². The van der Waals surface area contributed by atoms with Crippen molar-refractivity contribution < 1.29 is 39.9 Å². The molecule has 0 amide bonds. The summed E-state index contributed by atoms with van der Waals surface area (Å²) in [6, 6.07) is 0. The molecule has 0 bridgehead atoms. The molecule has 164 valence electrons. The van der Waals surface area contributed by atoms with Gasteiger partial charge in [-0.1, -0.05) is 0 Å². The molecule has 0 fully saturated rings. The summed E-state index contributed by atoms with van der Waals surface area (Å²) >= 11 is 0. The summed E-state index contributed by atoms with van der Waals surface area (Å²) in [4.78, 5) is 11.9. The summed E-state index contributed by atoms with van der Waals surface area (Å²) in [5.41, 5.74) is -2.05. The topological polar surface area (TPSA) is 84.5 Å². The second-order valence-electron chi connectivity index (χ2n) is 6.64. The highest BCUT2D eigenvalue weighted by atomic mass is 32.2. The number of rotatable bonds is 3. The van der Waals surface area contributed by atoms with Crippen molar-refractivity contribution in [1.29, 1.82) is 0 Å². The first-order valence-electron chi connectivity index (χ1n) is 8.85. The minimum absolute atomic E-state index is 0.0192. The van der Waals surface area contributed by atoms with Gasteiger partial charge in [0.1, 0.15) is 0 Å². The van der Waals surface area contributed by atoms with Crippen molar-refractivity contribution in [2.75, 3.05) is 25.4 Å². The number of esters is 1. The predicted molar refractivity (Wildman–Crippen MR) is 95.1 cm³/mol. The normalized spacial score (nSPS) is 21.1. The van der Waals surface area contributed by atoms with E-state index in [1.165, 1.54) is 13.8 Å².